The molecule has 1 aliphatic carbocycles. The number of carbonyl (C=O) groups excluding carboxylic acids is 1. The molecule has 0 atom stereocenters. The molecule has 1 amide bonds. The van der Waals surface area contributed by atoms with Crippen LogP contribution in [0.4, 0.5) is 0 Å². The molecule has 0 saturated carbocycles. The van der Waals surface area contributed by atoms with E-state index >= 15 is 0 Å². The summed E-state index contributed by atoms with van der Waals surface area (Å²) >= 11 is 0. The third-order valence-electron chi connectivity index (χ3n) is 6.36. The second kappa shape index (κ2) is 8.38. The van der Waals surface area contributed by atoms with Gasteiger partial charge in [0, 0.05) is 29.6 Å². The van der Waals surface area contributed by atoms with Crippen molar-refractivity contribution in [3.63, 3.8) is 0 Å². The number of hydrogen-bond acceptors (Lipinski definition) is 2. The van der Waals surface area contributed by atoms with E-state index in [1.807, 2.05) is 25.1 Å². The van der Waals surface area contributed by atoms with Gasteiger partial charge in [0.15, 0.2) is 0 Å². The van der Waals surface area contributed by atoms with Crippen LogP contribution in [0.15, 0.2) is 71.8 Å². The van der Waals surface area contributed by atoms with Crippen molar-refractivity contribution in [2.24, 2.45) is 5.10 Å². The molecule has 0 bridgehead atoms. The van der Waals surface area contributed by atoms with Crippen LogP contribution in [0.5, 0.6) is 0 Å². The largest absolute Gasteiger partial charge is 0.344 e. The predicted octanol–water partition coefficient (Wildman–Crippen LogP) is 5.60. The van der Waals surface area contributed by atoms with E-state index < -0.39 is 0 Å². The summed E-state index contributed by atoms with van der Waals surface area (Å²) in [7, 11) is 0. The van der Waals surface area contributed by atoms with Crippen LogP contribution in [0.3, 0.4) is 0 Å². The van der Waals surface area contributed by atoms with Gasteiger partial charge >= 0.3 is 0 Å². The van der Waals surface area contributed by atoms with Gasteiger partial charge in [-0.05, 0) is 66.6 Å². The Balaban J connectivity index is 1.29. The normalized spacial score (nSPS) is 14.0. The van der Waals surface area contributed by atoms with Gasteiger partial charge in [-0.1, -0.05) is 54.6 Å². The molecule has 5 rings (SSSR count). The molecule has 4 aromatic rings. The number of carbonyl (C=O) groups is 1. The van der Waals surface area contributed by atoms with E-state index in [1.165, 1.54) is 45.8 Å². The minimum Gasteiger partial charge on any atom is -0.344 e. The maximum Gasteiger partial charge on any atom is 0.241 e. The molecular formula is C27H27N3O. The minimum absolute atomic E-state index is 0.0533. The molecule has 1 aromatic heterocycles. The highest BCUT2D eigenvalue weighted by atomic mass is 16.2. The summed E-state index contributed by atoms with van der Waals surface area (Å²) < 4.78 is 2.35. The van der Waals surface area contributed by atoms with Gasteiger partial charge in [0.25, 0.3) is 0 Å². The quantitative estimate of drug-likeness (QED) is 0.338. The third kappa shape index (κ3) is 3.86. The van der Waals surface area contributed by atoms with Crippen LogP contribution in [0.25, 0.3) is 21.7 Å². The van der Waals surface area contributed by atoms with Gasteiger partial charge in [0.2, 0.25) is 5.91 Å². The topological polar surface area (TPSA) is 46.4 Å². The van der Waals surface area contributed by atoms with Crippen molar-refractivity contribution in [2.45, 2.75) is 45.6 Å². The molecule has 0 saturated heterocycles. The Bertz CT molecular complexity index is 1300. The summed E-state index contributed by atoms with van der Waals surface area (Å²) in [6, 6.07) is 23.1. The highest BCUT2D eigenvalue weighted by Gasteiger charge is 2.19. The summed E-state index contributed by atoms with van der Waals surface area (Å²) in [5.74, 6) is -0.0533. The van der Waals surface area contributed by atoms with Crippen LogP contribution in [0.1, 0.15) is 43.0 Å². The number of amides is 1. The predicted molar refractivity (Wildman–Crippen MR) is 127 cm³/mol. The number of fused-ring (bicyclic) bond motifs is 4. The van der Waals surface area contributed by atoms with Crippen molar-refractivity contribution in [3.8, 4) is 0 Å². The molecule has 0 fully saturated rings. The Labute approximate surface area is 182 Å². The van der Waals surface area contributed by atoms with Crippen molar-refractivity contribution in [1.29, 1.82) is 0 Å². The van der Waals surface area contributed by atoms with Crippen LogP contribution >= 0.6 is 0 Å². The average molecular weight is 410 g/mol. The third-order valence-corrected chi connectivity index (χ3v) is 6.36. The van der Waals surface area contributed by atoms with Gasteiger partial charge in [-0.3, -0.25) is 4.79 Å². The molecule has 3 aromatic carbocycles. The van der Waals surface area contributed by atoms with Crippen LogP contribution in [-0.4, -0.2) is 16.2 Å². The van der Waals surface area contributed by atoms with Crippen molar-refractivity contribution in [1.82, 2.24) is 9.99 Å². The fraction of sp³-hybridized carbons (Fsp3) is 0.259. The lowest BCUT2D eigenvalue weighted by molar-refractivity contribution is -0.121. The highest BCUT2D eigenvalue weighted by molar-refractivity contribution is 6.02. The number of nitrogens with zero attached hydrogens (tertiary/aromatic N) is 2. The summed E-state index contributed by atoms with van der Waals surface area (Å²) in [5.41, 5.74) is 8.72. The molecule has 1 heterocycles. The molecule has 0 unspecified atom stereocenters. The lowest BCUT2D eigenvalue weighted by atomic mass is 9.95. The zero-order valence-electron chi connectivity index (χ0n) is 17.9. The van der Waals surface area contributed by atoms with Gasteiger partial charge in [-0.2, -0.15) is 5.10 Å². The van der Waals surface area contributed by atoms with E-state index in [2.05, 4.69) is 63.6 Å². The first kappa shape index (κ1) is 19.6. The van der Waals surface area contributed by atoms with Gasteiger partial charge in [-0.15, -0.1) is 0 Å². The number of nitrogens with one attached hydrogen (secondary N) is 1. The number of benzene rings is 3. The molecule has 0 aliphatic heterocycles. The Kier molecular flexibility index (Phi) is 5.29. The molecule has 1 N–H and O–H groups in total. The van der Waals surface area contributed by atoms with Crippen molar-refractivity contribution in [3.05, 3.63) is 83.6 Å². The summed E-state index contributed by atoms with van der Waals surface area (Å²) in [6.45, 7) is 2.62. The lowest BCUT2D eigenvalue weighted by Crippen LogP contribution is -2.21. The summed E-state index contributed by atoms with van der Waals surface area (Å²) in [6.07, 6.45) is 5.14. The Hall–Kier alpha value is -3.40. The summed E-state index contributed by atoms with van der Waals surface area (Å²) in [5, 5.41) is 8.08. The maximum absolute atomic E-state index is 12.6. The first-order valence-corrected chi connectivity index (χ1v) is 11.1. The monoisotopic (exact) mass is 409 g/mol. The fourth-order valence-electron chi connectivity index (χ4n) is 4.74. The SMILES string of the molecule is C/C(=N/NC(=O)CCn1c2c(c3ccccc31)CCCC2)c1ccc2ccccc2c1. The number of aryl methyl sites for hydroxylation is 2. The number of aromatic nitrogens is 1. The molecular weight excluding hydrogens is 382 g/mol. The molecule has 0 radical (unpaired) electrons. The first-order valence-electron chi connectivity index (χ1n) is 11.1. The molecule has 4 heteroatoms. The second-order valence-electron chi connectivity index (χ2n) is 8.35. The fourth-order valence-corrected chi connectivity index (χ4v) is 4.74. The minimum atomic E-state index is -0.0533. The van der Waals surface area contributed by atoms with Gasteiger partial charge < -0.3 is 4.57 Å². The molecule has 31 heavy (non-hydrogen) atoms. The zero-order chi connectivity index (χ0) is 21.2. The van der Waals surface area contributed by atoms with E-state index in [1.54, 1.807) is 0 Å². The van der Waals surface area contributed by atoms with Gasteiger partial charge in [0.05, 0.1) is 5.71 Å². The van der Waals surface area contributed by atoms with Crippen molar-refractivity contribution < 1.29 is 4.79 Å². The molecule has 0 spiro atoms. The van der Waals surface area contributed by atoms with E-state index in [-0.39, 0.29) is 5.91 Å². The van der Waals surface area contributed by atoms with Crippen molar-refractivity contribution in [2.75, 3.05) is 0 Å². The van der Waals surface area contributed by atoms with E-state index in [0.717, 1.165) is 24.1 Å². The first-order chi connectivity index (χ1) is 15.2. The standard InChI is InChI=1S/C27H27N3O/c1-19(21-15-14-20-8-2-3-9-22(20)18-21)28-29-27(31)16-17-30-25-12-6-4-10-23(25)24-11-5-7-13-26(24)30/h2-4,6,8-10,12,14-15,18H,5,7,11,13,16-17H2,1H3,(H,29,31)/b28-19-. The summed E-state index contributed by atoms with van der Waals surface area (Å²) in [4.78, 5) is 12.6. The number of hydrogen-bond donors (Lipinski definition) is 1. The van der Waals surface area contributed by atoms with Crippen LogP contribution in [0.2, 0.25) is 0 Å². The maximum atomic E-state index is 12.6. The van der Waals surface area contributed by atoms with Crippen LogP contribution in [0, 0.1) is 0 Å². The van der Waals surface area contributed by atoms with E-state index in [4.69, 9.17) is 0 Å². The van der Waals surface area contributed by atoms with Gasteiger partial charge in [0.1, 0.15) is 0 Å². The zero-order valence-corrected chi connectivity index (χ0v) is 17.9. The number of para-hydroxylation sites is 1. The van der Waals surface area contributed by atoms with Gasteiger partial charge in [-0.25, -0.2) is 5.43 Å². The Morgan fingerprint density at radius 1 is 0.968 bits per heavy atom. The average Bonchev–Trinajstić information content (AvgIpc) is 3.14. The van der Waals surface area contributed by atoms with E-state index in [0.29, 0.717) is 13.0 Å². The second-order valence-corrected chi connectivity index (χ2v) is 8.35. The van der Waals surface area contributed by atoms with Crippen LogP contribution in [-0.2, 0) is 24.2 Å². The highest BCUT2D eigenvalue weighted by Crippen LogP contribution is 2.32. The lowest BCUT2D eigenvalue weighted by Gasteiger charge is -2.15. The molecule has 4 nitrogen and oxygen atoms in total. The molecule has 156 valence electrons. The Morgan fingerprint density at radius 3 is 2.65 bits per heavy atom. The Morgan fingerprint density at radius 2 is 1.74 bits per heavy atom. The number of rotatable bonds is 5. The number of hydrazone groups is 1. The van der Waals surface area contributed by atoms with Crippen LogP contribution < -0.4 is 5.43 Å². The van der Waals surface area contributed by atoms with Crippen molar-refractivity contribution >= 4 is 33.3 Å². The van der Waals surface area contributed by atoms with E-state index in [9.17, 15) is 4.79 Å². The smallest absolute Gasteiger partial charge is 0.241 e. The molecule has 1 aliphatic rings.